The summed E-state index contributed by atoms with van der Waals surface area (Å²) in [6.07, 6.45) is 0.0919. The zero-order chi connectivity index (χ0) is 7.40. The van der Waals surface area contributed by atoms with Crippen LogP contribution in [0.3, 0.4) is 0 Å². The van der Waals surface area contributed by atoms with E-state index in [1.807, 2.05) is 0 Å². The maximum Gasteiger partial charge on any atom is 0.305 e. The predicted octanol–water partition coefficient (Wildman–Crippen LogP) is 1.11. The molecule has 58 valence electrons. The van der Waals surface area contributed by atoms with Gasteiger partial charge in [0.25, 0.3) is 0 Å². The van der Waals surface area contributed by atoms with E-state index in [9.17, 15) is 4.79 Å². The van der Waals surface area contributed by atoms with Crippen molar-refractivity contribution in [2.75, 3.05) is 0 Å². The van der Waals surface area contributed by atoms with Gasteiger partial charge >= 0.3 is 5.97 Å². The standard InChI is InChI=1S/C8H7O2.W/c9-8(10)6-7-4-2-1-3-5-7;/h2-5H,6H2,(H,9,10);/q-1;. The van der Waals surface area contributed by atoms with Gasteiger partial charge in [-0.3, -0.25) is 4.79 Å². The molecule has 0 fully saturated rings. The Morgan fingerprint density at radius 2 is 2.00 bits per heavy atom. The van der Waals surface area contributed by atoms with E-state index in [1.54, 1.807) is 24.3 Å². The molecule has 0 spiro atoms. The molecule has 3 heteroatoms. The summed E-state index contributed by atoms with van der Waals surface area (Å²) in [5, 5.41) is 8.36. The number of rotatable bonds is 2. The molecule has 1 rings (SSSR count). The summed E-state index contributed by atoms with van der Waals surface area (Å²) in [6, 6.07) is 9.71. The molecular formula is C8H7O2W-. The third-order valence-corrected chi connectivity index (χ3v) is 1.14. The molecule has 0 aliphatic rings. The minimum Gasteiger partial charge on any atom is -0.481 e. The van der Waals surface area contributed by atoms with E-state index in [-0.39, 0.29) is 27.5 Å². The van der Waals surface area contributed by atoms with Gasteiger partial charge in [-0.05, 0) is 0 Å². The van der Waals surface area contributed by atoms with Crippen molar-refractivity contribution in [2.24, 2.45) is 0 Å². The monoisotopic (exact) mass is 319 g/mol. The maximum atomic E-state index is 10.2. The van der Waals surface area contributed by atoms with Crippen LogP contribution in [0.5, 0.6) is 0 Å². The molecule has 0 aromatic heterocycles. The molecule has 0 atom stereocenters. The molecule has 0 aliphatic heterocycles. The van der Waals surface area contributed by atoms with Crippen LogP contribution < -0.4 is 0 Å². The molecule has 0 amide bonds. The third kappa shape index (κ3) is 3.94. The van der Waals surface area contributed by atoms with E-state index < -0.39 is 5.97 Å². The van der Waals surface area contributed by atoms with Crippen LogP contribution in [0.2, 0.25) is 0 Å². The second-order valence-corrected chi connectivity index (χ2v) is 1.98. The Bertz CT molecular complexity index is 221. The van der Waals surface area contributed by atoms with Gasteiger partial charge in [0, 0.05) is 27.5 Å². The molecule has 1 N–H and O–H groups in total. The van der Waals surface area contributed by atoms with E-state index in [4.69, 9.17) is 5.11 Å². The van der Waals surface area contributed by atoms with Gasteiger partial charge in [0.15, 0.2) is 0 Å². The van der Waals surface area contributed by atoms with Crippen molar-refractivity contribution in [1.29, 1.82) is 0 Å². The summed E-state index contributed by atoms with van der Waals surface area (Å²) in [5.41, 5.74) is 0.811. The van der Waals surface area contributed by atoms with Crippen molar-refractivity contribution in [3.8, 4) is 0 Å². The van der Waals surface area contributed by atoms with E-state index in [0.29, 0.717) is 0 Å². The minimum absolute atomic E-state index is 0. The summed E-state index contributed by atoms with van der Waals surface area (Å²) in [5.74, 6) is -0.800. The first-order valence-corrected chi connectivity index (χ1v) is 2.96. The van der Waals surface area contributed by atoms with E-state index in [1.165, 1.54) is 0 Å². The van der Waals surface area contributed by atoms with E-state index in [2.05, 4.69) is 6.07 Å². The van der Waals surface area contributed by atoms with E-state index >= 15 is 0 Å². The van der Waals surface area contributed by atoms with Gasteiger partial charge in [0.1, 0.15) is 0 Å². The van der Waals surface area contributed by atoms with Crippen molar-refractivity contribution < 1.29 is 31.0 Å². The number of aliphatic carboxylic acids is 1. The largest absolute Gasteiger partial charge is 0.481 e. The molecule has 1 aromatic carbocycles. The van der Waals surface area contributed by atoms with Gasteiger partial charge in [-0.25, -0.2) is 0 Å². The number of carbonyl (C=O) groups is 1. The molecule has 0 radical (unpaired) electrons. The molecule has 0 aliphatic carbocycles. The maximum absolute atomic E-state index is 10.2. The van der Waals surface area contributed by atoms with Gasteiger partial charge < -0.3 is 5.11 Å². The fraction of sp³-hybridized carbons (Fsp3) is 0.125. The molecule has 11 heavy (non-hydrogen) atoms. The van der Waals surface area contributed by atoms with Crippen LogP contribution in [0.4, 0.5) is 0 Å². The molecule has 0 unspecified atom stereocenters. The summed E-state index contributed by atoms with van der Waals surface area (Å²) < 4.78 is 0. The summed E-state index contributed by atoms with van der Waals surface area (Å²) in [4.78, 5) is 10.2. The fourth-order valence-electron chi connectivity index (χ4n) is 0.714. The fourth-order valence-corrected chi connectivity index (χ4v) is 0.714. The Morgan fingerprint density at radius 3 is 2.45 bits per heavy atom. The van der Waals surface area contributed by atoms with Crippen LogP contribution in [-0.2, 0) is 32.3 Å². The van der Waals surface area contributed by atoms with Gasteiger partial charge in [-0.15, -0.1) is 5.56 Å². The van der Waals surface area contributed by atoms with Crippen molar-refractivity contribution in [2.45, 2.75) is 6.42 Å². The van der Waals surface area contributed by atoms with Crippen LogP contribution in [0.25, 0.3) is 0 Å². The van der Waals surface area contributed by atoms with Crippen LogP contribution >= 0.6 is 0 Å². The average Bonchev–Trinajstić information content (AvgIpc) is 1.88. The Hall–Kier alpha value is -0.622. The van der Waals surface area contributed by atoms with Gasteiger partial charge in [0.2, 0.25) is 0 Å². The Kier molecular flexibility index (Phi) is 4.80. The Labute approximate surface area is 79.5 Å². The molecule has 2 nitrogen and oxygen atoms in total. The first kappa shape index (κ1) is 10.4. The number of benzene rings is 1. The number of hydrogen-bond acceptors (Lipinski definition) is 1. The van der Waals surface area contributed by atoms with Crippen LogP contribution in [0.1, 0.15) is 5.56 Å². The van der Waals surface area contributed by atoms with Crippen LogP contribution in [0.15, 0.2) is 24.3 Å². The SMILES string of the molecule is O=C(O)Cc1cc[c-]cc1.[W]. The molecule has 1 aromatic rings. The molecule has 0 saturated carbocycles. The van der Waals surface area contributed by atoms with Crippen LogP contribution in [-0.4, -0.2) is 11.1 Å². The third-order valence-electron chi connectivity index (χ3n) is 1.14. The predicted molar refractivity (Wildman–Crippen MR) is 36.6 cm³/mol. The average molecular weight is 319 g/mol. The van der Waals surface area contributed by atoms with Gasteiger partial charge in [0.05, 0.1) is 0 Å². The number of carboxylic acids is 1. The van der Waals surface area contributed by atoms with Gasteiger partial charge in [-0.1, -0.05) is 0 Å². The smallest absolute Gasteiger partial charge is 0.305 e. The molecule has 0 saturated heterocycles. The van der Waals surface area contributed by atoms with Crippen molar-refractivity contribution in [1.82, 2.24) is 0 Å². The summed E-state index contributed by atoms with van der Waals surface area (Å²) in [7, 11) is 0. The van der Waals surface area contributed by atoms with Crippen molar-refractivity contribution in [3.05, 3.63) is 35.9 Å². The molecule has 0 heterocycles. The van der Waals surface area contributed by atoms with E-state index in [0.717, 1.165) is 5.56 Å². The normalized spacial score (nSPS) is 8.36. The number of carboxylic acid groups (broad SMARTS) is 1. The summed E-state index contributed by atoms with van der Waals surface area (Å²) in [6.45, 7) is 0. The van der Waals surface area contributed by atoms with Crippen molar-refractivity contribution >= 4 is 5.97 Å². The number of hydrogen-bond donors (Lipinski definition) is 1. The Morgan fingerprint density at radius 1 is 1.45 bits per heavy atom. The molecule has 0 bridgehead atoms. The topological polar surface area (TPSA) is 37.3 Å². The minimum atomic E-state index is -0.800. The first-order valence-electron chi connectivity index (χ1n) is 2.96. The quantitative estimate of drug-likeness (QED) is 0.830. The van der Waals surface area contributed by atoms with Crippen LogP contribution in [0, 0.1) is 6.07 Å². The molecular weight excluding hydrogens is 312 g/mol. The van der Waals surface area contributed by atoms with Gasteiger partial charge in [-0.2, -0.15) is 30.3 Å². The zero-order valence-electron chi connectivity index (χ0n) is 5.78. The zero-order valence-corrected chi connectivity index (χ0v) is 8.71. The summed E-state index contributed by atoms with van der Waals surface area (Å²) >= 11 is 0. The second-order valence-electron chi connectivity index (χ2n) is 1.98. The van der Waals surface area contributed by atoms with Crippen molar-refractivity contribution in [3.63, 3.8) is 0 Å². The Balaban J connectivity index is 0.000001000. The first-order chi connectivity index (χ1) is 4.79. The second kappa shape index (κ2) is 5.08.